The average Bonchev–Trinajstić information content (AvgIpc) is 2.68. The molecule has 1 N–H and O–H groups in total. The van der Waals surface area contributed by atoms with E-state index in [0.29, 0.717) is 38.4 Å². The summed E-state index contributed by atoms with van der Waals surface area (Å²) < 4.78 is 14.1. The summed E-state index contributed by atoms with van der Waals surface area (Å²) in [5.41, 5.74) is 2.75. The van der Waals surface area contributed by atoms with Crippen LogP contribution < -0.4 is 10.2 Å². The molecule has 0 saturated carbocycles. The van der Waals surface area contributed by atoms with Crippen LogP contribution in [0.2, 0.25) is 0 Å². The molecule has 0 bridgehead atoms. The van der Waals surface area contributed by atoms with E-state index in [1.54, 1.807) is 12.1 Å². The highest BCUT2D eigenvalue weighted by atomic mass is 19.1. The Bertz CT molecular complexity index is 861. The number of hydrogen-bond donors (Lipinski definition) is 1. The molecular weight excluding hydrogens is 357 g/mol. The van der Waals surface area contributed by atoms with Crippen molar-refractivity contribution in [3.05, 3.63) is 59.4 Å². The molecule has 0 unspecified atom stereocenters. The maximum Gasteiger partial charge on any atom is 0.238 e. The number of nitrogens with one attached hydrogen (secondary N) is 1. The molecule has 0 atom stereocenters. The Morgan fingerprint density at radius 1 is 1.04 bits per heavy atom. The number of Topliss-reactive ketones (excluding diaryl/α,β-unsaturated/α-hetero) is 1. The second kappa shape index (κ2) is 8.97. The van der Waals surface area contributed by atoms with Crippen molar-refractivity contribution in [2.75, 3.05) is 42.9 Å². The van der Waals surface area contributed by atoms with Crippen molar-refractivity contribution in [3.8, 4) is 0 Å². The number of para-hydroxylation sites is 1. The topological polar surface area (TPSA) is 52.7 Å². The smallest absolute Gasteiger partial charge is 0.238 e. The number of carbonyl (C=O) groups excluding carboxylic acids is 2. The van der Waals surface area contributed by atoms with Gasteiger partial charge in [-0.25, -0.2) is 4.39 Å². The molecule has 0 radical (unpaired) electrons. The lowest BCUT2D eigenvalue weighted by molar-refractivity contribution is -0.117. The van der Waals surface area contributed by atoms with E-state index in [2.05, 4.69) is 17.1 Å². The zero-order valence-corrected chi connectivity index (χ0v) is 16.4. The fourth-order valence-electron chi connectivity index (χ4n) is 3.62. The molecule has 2 aromatic rings. The van der Waals surface area contributed by atoms with Crippen molar-refractivity contribution in [1.82, 2.24) is 4.90 Å². The molecule has 1 amide bonds. The molecule has 28 heavy (non-hydrogen) atoms. The van der Waals surface area contributed by atoms with Crippen LogP contribution in [0.15, 0.2) is 42.5 Å². The van der Waals surface area contributed by atoms with E-state index < -0.39 is 5.82 Å². The highest BCUT2D eigenvalue weighted by molar-refractivity contribution is 6.00. The van der Waals surface area contributed by atoms with Crippen LogP contribution in [0.25, 0.3) is 0 Å². The second-order valence-corrected chi connectivity index (χ2v) is 7.01. The van der Waals surface area contributed by atoms with E-state index in [9.17, 15) is 14.0 Å². The van der Waals surface area contributed by atoms with Gasteiger partial charge in [-0.2, -0.15) is 0 Å². The lowest BCUT2D eigenvalue weighted by atomic mass is 10.1. The van der Waals surface area contributed by atoms with Gasteiger partial charge in [-0.05, 0) is 37.1 Å². The minimum Gasteiger partial charge on any atom is -0.368 e. The Hall–Kier alpha value is -2.73. The van der Waals surface area contributed by atoms with Gasteiger partial charge in [0.15, 0.2) is 5.78 Å². The number of nitrogens with zero attached hydrogens (tertiary/aromatic N) is 2. The maximum absolute atomic E-state index is 14.1. The van der Waals surface area contributed by atoms with Crippen molar-refractivity contribution in [2.24, 2.45) is 0 Å². The lowest BCUT2D eigenvalue weighted by Gasteiger charge is -2.36. The Kier molecular flexibility index (Phi) is 6.41. The third-order valence-electron chi connectivity index (χ3n) is 5.10. The number of piperazine rings is 1. The van der Waals surface area contributed by atoms with Gasteiger partial charge in [-0.1, -0.05) is 31.2 Å². The van der Waals surface area contributed by atoms with Crippen LogP contribution in [-0.2, 0) is 11.2 Å². The fraction of sp³-hybridized carbons (Fsp3) is 0.364. The highest BCUT2D eigenvalue weighted by Crippen LogP contribution is 2.25. The molecule has 6 heteroatoms. The van der Waals surface area contributed by atoms with Crippen molar-refractivity contribution in [3.63, 3.8) is 0 Å². The Labute approximate surface area is 165 Å². The molecule has 0 aliphatic carbocycles. The predicted octanol–water partition coefficient (Wildman–Crippen LogP) is 3.35. The summed E-state index contributed by atoms with van der Waals surface area (Å²) in [6.45, 7) is 6.40. The minimum absolute atomic E-state index is 0.0375. The van der Waals surface area contributed by atoms with Gasteiger partial charge in [0.05, 0.1) is 17.8 Å². The molecule has 3 rings (SSSR count). The number of anilines is 2. The number of carbonyl (C=O) groups is 2. The van der Waals surface area contributed by atoms with Crippen LogP contribution >= 0.6 is 0 Å². The van der Waals surface area contributed by atoms with Crippen molar-refractivity contribution < 1.29 is 14.0 Å². The summed E-state index contributed by atoms with van der Waals surface area (Å²) in [6.07, 6.45) is 0.862. The van der Waals surface area contributed by atoms with E-state index >= 15 is 0 Å². The average molecular weight is 383 g/mol. The van der Waals surface area contributed by atoms with Gasteiger partial charge in [-0.3, -0.25) is 14.5 Å². The minimum atomic E-state index is -0.485. The third-order valence-corrected chi connectivity index (χ3v) is 5.10. The molecule has 1 aliphatic heterocycles. The van der Waals surface area contributed by atoms with Gasteiger partial charge in [-0.15, -0.1) is 0 Å². The SMILES string of the molecule is CCc1ccccc1NC(=O)CN1CCN(c2cccc(F)c2C(C)=O)CC1. The van der Waals surface area contributed by atoms with Crippen molar-refractivity contribution in [1.29, 1.82) is 0 Å². The summed E-state index contributed by atoms with van der Waals surface area (Å²) in [5, 5.41) is 2.99. The molecule has 1 saturated heterocycles. The zero-order valence-electron chi connectivity index (χ0n) is 16.4. The first-order valence-corrected chi connectivity index (χ1v) is 9.64. The van der Waals surface area contributed by atoms with Crippen molar-refractivity contribution in [2.45, 2.75) is 20.3 Å². The Morgan fingerprint density at radius 2 is 1.75 bits per heavy atom. The number of aryl methyl sites for hydroxylation is 1. The lowest BCUT2D eigenvalue weighted by Crippen LogP contribution is -2.49. The van der Waals surface area contributed by atoms with Crippen molar-refractivity contribution >= 4 is 23.1 Å². The van der Waals surface area contributed by atoms with Gasteiger partial charge in [0.1, 0.15) is 5.82 Å². The number of halogens is 1. The standard InChI is InChI=1S/C22H26FN3O2/c1-3-17-7-4-5-9-19(17)24-21(28)15-25-11-13-26(14-12-25)20-10-6-8-18(23)22(20)16(2)27/h4-10H,3,11-15H2,1-2H3,(H,24,28). The molecule has 0 spiro atoms. The van der Waals surface area contributed by atoms with E-state index in [1.165, 1.54) is 13.0 Å². The van der Waals surface area contributed by atoms with Crippen LogP contribution in [0.3, 0.4) is 0 Å². The van der Waals surface area contributed by atoms with Crippen LogP contribution in [0, 0.1) is 5.82 Å². The van der Waals surface area contributed by atoms with Gasteiger partial charge in [0.25, 0.3) is 0 Å². The largest absolute Gasteiger partial charge is 0.368 e. The zero-order chi connectivity index (χ0) is 20.1. The van der Waals surface area contributed by atoms with E-state index in [-0.39, 0.29) is 17.3 Å². The highest BCUT2D eigenvalue weighted by Gasteiger charge is 2.23. The number of benzene rings is 2. The number of amides is 1. The molecule has 148 valence electrons. The first kappa shape index (κ1) is 20.0. The normalized spacial score (nSPS) is 14.8. The van der Waals surface area contributed by atoms with Crippen LogP contribution in [0.5, 0.6) is 0 Å². The number of hydrogen-bond acceptors (Lipinski definition) is 4. The Balaban J connectivity index is 1.58. The second-order valence-electron chi connectivity index (χ2n) is 7.01. The fourth-order valence-corrected chi connectivity index (χ4v) is 3.62. The van der Waals surface area contributed by atoms with Crippen LogP contribution in [-0.4, -0.2) is 49.3 Å². The van der Waals surface area contributed by atoms with Crippen LogP contribution in [0.4, 0.5) is 15.8 Å². The van der Waals surface area contributed by atoms with Gasteiger partial charge < -0.3 is 10.2 Å². The molecule has 1 heterocycles. The summed E-state index contributed by atoms with van der Waals surface area (Å²) in [4.78, 5) is 28.4. The predicted molar refractivity (Wildman–Crippen MR) is 110 cm³/mol. The summed E-state index contributed by atoms with van der Waals surface area (Å²) in [6, 6.07) is 12.5. The van der Waals surface area contributed by atoms with E-state index in [0.717, 1.165) is 17.7 Å². The molecule has 1 aliphatic rings. The number of rotatable bonds is 6. The van der Waals surface area contributed by atoms with Crippen LogP contribution in [0.1, 0.15) is 29.8 Å². The molecular formula is C22H26FN3O2. The molecule has 5 nitrogen and oxygen atoms in total. The number of ketones is 1. The monoisotopic (exact) mass is 383 g/mol. The summed E-state index contributed by atoms with van der Waals surface area (Å²) >= 11 is 0. The van der Waals surface area contributed by atoms with E-state index in [4.69, 9.17) is 0 Å². The Morgan fingerprint density at radius 3 is 2.43 bits per heavy atom. The van der Waals surface area contributed by atoms with Gasteiger partial charge in [0.2, 0.25) is 5.91 Å². The molecule has 1 fully saturated rings. The summed E-state index contributed by atoms with van der Waals surface area (Å²) in [5.74, 6) is -0.796. The molecule has 2 aromatic carbocycles. The first-order valence-electron chi connectivity index (χ1n) is 9.64. The molecule has 0 aromatic heterocycles. The van der Waals surface area contributed by atoms with E-state index in [1.807, 2.05) is 29.2 Å². The van der Waals surface area contributed by atoms with Gasteiger partial charge in [0, 0.05) is 31.9 Å². The third kappa shape index (κ3) is 4.57. The first-order chi connectivity index (χ1) is 13.5. The quantitative estimate of drug-likeness (QED) is 0.778. The van der Waals surface area contributed by atoms with Gasteiger partial charge >= 0.3 is 0 Å². The summed E-state index contributed by atoms with van der Waals surface area (Å²) in [7, 11) is 0. The maximum atomic E-state index is 14.1.